The molecule has 7 heavy (non-hydrogen) atoms. The molecule has 0 aromatic rings. The fraction of sp³-hybridized carbons (Fsp3) is 0. The summed E-state index contributed by atoms with van der Waals surface area (Å²) in [6.45, 7) is 0. The maximum atomic E-state index is 4.97. The summed E-state index contributed by atoms with van der Waals surface area (Å²) in [6.07, 6.45) is 0. The Morgan fingerprint density at radius 1 is 0.857 bits per heavy atom. The molecule has 0 amide bonds. The number of hydrogen-bond donors (Lipinski definition) is 3. The maximum Gasteiger partial charge on any atom is 0.284 e. The first-order valence-electron chi connectivity index (χ1n) is 1.77. The standard InChI is InChI=1S/B3H6N4/c4-1-7(2-5)3-6/h4-6H2. The molecule has 0 aliphatic carbocycles. The molecular formula is H6B3N4. The van der Waals surface area contributed by atoms with Crippen LogP contribution >= 0.6 is 0 Å². The summed E-state index contributed by atoms with van der Waals surface area (Å²) in [5.74, 6) is 0. The second-order valence-electron chi connectivity index (χ2n) is 0.894. The van der Waals surface area contributed by atoms with Gasteiger partial charge in [0.15, 0.2) is 0 Å². The van der Waals surface area contributed by atoms with Crippen molar-refractivity contribution in [3.63, 3.8) is 0 Å². The van der Waals surface area contributed by atoms with Crippen molar-refractivity contribution in [2.24, 2.45) is 16.9 Å². The van der Waals surface area contributed by atoms with Crippen LogP contribution in [0.15, 0.2) is 0 Å². The van der Waals surface area contributed by atoms with Crippen molar-refractivity contribution in [1.82, 2.24) is 4.63 Å². The molecule has 0 atom stereocenters. The molecule has 0 aromatic heterocycles. The van der Waals surface area contributed by atoms with E-state index in [0.29, 0.717) is 0 Å². The summed E-state index contributed by atoms with van der Waals surface area (Å²) in [7, 11) is 3.75. The van der Waals surface area contributed by atoms with Crippen molar-refractivity contribution in [3.05, 3.63) is 0 Å². The summed E-state index contributed by atoms with van der Waals surface area (Å²) in [4.78, 5) is 0. The summed E-state index contributed by atoms with van der Waals surface area (Å²) in [5, 5.41) is 0. The molecule has 0 saturated carbocycles. The average Bonchev–Trinajstić information content (AvgIpc) is 1.72. The third-order valence-electron chi connectivity index (χ3n) is 0.516. The molecule has 7 heteroatoms. The zero-order valence-electron chi connectivity index (χ0n) is 3.91. The number of rotatable bonds is 3. The van der Waals surface area contributed by atoms with Crippen LogP contribution in [0.2, 0.25) is 0 Å². The van der Waals surface area contributed by atoms with Crippen molar-refractivity contribution in [2.75, 3.05) is 0 Å². The molecule has 0 rings (SSSR count). The summed E-state index contributed by atoms with van der Waals surface area (Å²) in [5.41, 5.74) is 14.9. The Balaban J connectivity index is 2.99. The smallest absolute Gasteiger partial charge is 0.284 e. The maximum absolute atomic E-state index is 4.97. The van der Waals surface area contributed by atoms with E-state index in [-0.39, 0.29) is 0 Å². The highest BCUT2D eigenvalue weighted by atomic mass is 15.0. The van der Waals surface area contributed by atoms with Gasteiger partial charge in [0.05, 0.1) is 0 Å². The second kappa shape index (κ2) is 4.20. The van der Waals surface area contributed by atoms with Crippen molar-refractivity contribution in [2.45, 2.75) is 0 Å². The van der Waals surface area contributed by atoms with Crippen molar-refractivity contribution in [1.29, 1.82) is 0 Å². The highest BCUT2D eigenvalue weighted by Gasteiger charge is 1.98. The van der Waals surface area contributed by atoms with Crippen LogP contribution in [0.25, 0.3) is 0 Å². The quantitative estimate of drug-likeness (QED) is 0.321. The summed E-state index contributed by atoms with van der Waals surface area (Å²) in [6, 6.07) is 0. The third-order valence-corrected chi connectivity index (χ3v) is 0.516. The van der Waals surface area contributed by atoms with E-state index < -0.39 is 0 Å². The minimum atomic E-state index is 1.25. The van der Waals surface area contributed by atoms with E-state index in [0.717, 1.165) is 0 Å². The van der Waals surface area contributed by atoms with E-state index in [2.05, 4.69) is 0 Å². The van der Waals surface area contributed by atoms with Crippen LogP contribution < -0.4 is 16.9 Å². The van der Waals surface area contributed by atoms with Crippen LogP contribution in [0.5, 0.6) is 0 Å². The topological polar surface area (TPSA) is 81.3 Å². The Morgan fingerprint density at radius 2 is 1.14 bits per heavy atom. The fourth-order valence-corrected chi connectivity index (χ4v) is 0.149. The van der Waals surface area contributed by atoms with E-state index in [4.69, 9.17) is 16.9 Å². The predicted octanol–water partition coefficient (Wildman–Crippen LogP) is -3.23. The summed E-state index contributed by atoms with van der Waals surface area (Å²) < 4.78 is 1.33. The first kappa shape index (κ1) is 7.03. The lowest BCUT2D eigenvalue weighted by atomic mass is 9.85. The normalized spacial score (nSPS) is 8.57. The molecule has 3 radical (unpaired) electrons. The Hall–Kier alpha value is 0.0348. The molecule has 4 nitrogen and oxygen atoms in total. The monoisotopic (exact) mass is 95.1 g/mol. The van der Waals surface area contributed by atoms with Gasteiger partial charge in [-0.05, 0) is 0 Å². The van der Waals surface area contributed by atoms with Gasteiger partial charge in [-0.15, -0.1) is 0 Å². The average molecular weight is 94.5 g/mol. The van der Waals surface area contributed by atoms with Crippen LogP contribution in [0.4, 0.5) is 0 Å². The van der Waals surface area contributed by atoms with Gasteiger partial charge in [-0.2, -0.15) is 0 Å². The molecule has 6 N–H and O–H groups in total. The molecule has 0 aliphatic heterocycles. The van der Waals surface area contributed by atoms with Crippen LogP contribution in [-0.4, -0.2) is 27.3 Å². The lowest BCUT2D eigenvalue weighted by molar-refractivity contribution is 1.06. The Labute approximate surface area is 45.3 Å². The number of hydrogen-bond acceptors (Lipinski definition) is 4. The Morgan fingerprint density at radius 3 is 1.14 bits per heavy atom. The van der Waals surface area contributed by atoms with E-state index in [9.17, 15) is 0 Å². The van der Waals surface area contributed by atoms with Crippen molar-refractivity contribution >= 4 is 22.6 Å². The van der Waals surface area contributed by atoms with Crippen LogP contribution in [-0.2, 0) is 0 Å². The van der Waals surface area contributed by atoms with Gasteiger partial charge < -0.3 is 21.6 Å². The first-order valence-corrected chi connectivity index (χ1v) is 1.77. The largest absolute Gasteiger partial charge is 0.397 e. The lowest BCUT2D eigenvalue weighted by Crippen LogP contribution is -2.47. The van der Waals surface area contributed by atoms with Gasteiger partial charge in [0.25, 0.3) is 22.6 Å². The highest BCUT2D eigenvalue weighted by Crippen LogP contribution is 1.58. The molecule has 35 valence electrons. The minimum absolute atomic E-state index is 1.25. The zero-order chi connectivity index (χ0) is 5.70. The van der Waals surface area contributed by atoms with Gasteiger partial charge in [-0.1, -0.05) is 0 Å². The second-order valence-corrected chi connectivity index (χ2v) is 0.894. The Bertz CT molecular complexity index is 28.4. The van der Waals surface area contributed by atoms with Gasteiger partial charge in [0.1, 0.15) is 0 Å². The molecule has 0 heterocycles. The van der Waals surface area contributed by atoms with Gasteiger partial charge in [-0.25, -0.2) is 0 Å². The van der Waals surface area contributed by atoms with E-state index >= 15 is 0 Å². The SMILES string of the molecule is N[B]N([B]N)[B]N. The van der Waals surface area contributed by atoms with Crippen LogP contribution in [0.3, 0.4) is 0 Å². The van der Waals surface area contributed by atoms with Crippen LogP contribution in [0, 0.1) is 0 Å². The van der Waals surface area contributed by atoms with Crippen molar-refractivity contribution < 1.29 is 0 Å². The Kier molecular flexibility index (Phi) is 4.22. The molecule has 0 saturated heterocycles. The molecule has 0 bridgehead atoms. The van der Waals surface area contributed by atoms with E-state index in [1.54, 1.807) is 0 Å². The molecule has 0 aromatic carbocycles. The van der Waals surface area contributed by atoms with E-state index in [1.165, 1.54) is 27.3 Å². The fourth-order valence-electron chi connectivity index (χ4n) is 0.149. The van der Waals surface area contributed by atoms with Gasteiger partial charge in [0, 0.05) is 0 Å². The zero-order valence-corrected chi connectivity index (χ0v) is 3.91. The van der Waals surface area contributed by atoms with E-state index in [1.807, 2.05) is 0 Å². The molecular weight excluding hydrogens is 88.5 g/mol. The number of nitrogens with two attached hydrogens (primary N) is 3. The third kappa shape index (κ3) is 2.70. The predicted molar refractivity (Wildman–Crippen MR) is 31.7 cm³/mol. The van der Waals surface area contributed by atoms with Gasteiger partial charge in [-0.3, -0.25) is 0 Å². The molecule has 0 spiro atoms. The van der Waals surface area contributed by atoms with Crippen LogP contribution in [0.1, 0.15) is 0 Å². The van der Waals surface area contributed by atoms with Crippen molar-refractivity contribution in [3.8, 4) is 0 Å². The molecule has 0 fully saturated rings. The molecule has 0 unspecified atom stereocenters. The van der Waals surface area contributed by atoms with Gasteiger partial charge in [0.2, 0.25) is 0 Å². The summed E-state index contributed by atoms with van der Waals surface area (Å²) >= 11 is 0. The minimum Gasteiger partial charge on any atom is -0.397 e. The lowest BCUT2D eigenvalue weighted by Gasteiger charge is -2.08. The molecule has 0 aliphatic rings. The first-order chi connectivity index (χ1) is 3.35. The van der Waals surface area contributed by atoms with Gasteiger partial charge >= 0.3 is 0 Å². The number of nitrogens with zero attached hydrogens (tertiary/aromatic N) is 1. The highest BCUT2D eigenvalue weighted by molar-refractivity contribution is 6.62.